The second-order valence-corrected chi connectivity index (χ2v) is 21.8. The first-order valence-corrected chi connectivity index (χ1v) is 18.6. The van der Waals surface area contributed by atoms with Gasteiger partial charge in [0.25, 0.3) is 0 Å². The lowest BCUT2D eigenvalue weighted by atomic mass is 10.3. The van der Waals surface area contributed by atoms with Gasteiger partial charge < -0.3 is 30.2 Å². The van der Waals surface area contributed by atoms with Gasteiger partial charge in [0.2, 0.25) is 35.4 Å². The van der Waals surface area contributed by atoms with Crippen LogP contribution in [0.4, 0.5) is 0 Å². The van der Waals surface area contributed by atoms with Crippen molar-refractivity contribution in [2.24, 2.45) is 0 Å². The van der Waals surface area contributed by atoms with Gasteiger partial charge in [0, 0.05) is 24.7 Å². The molecule has 3 aliphatic heterocycles. The van der Waals surface area contributed by atoms with Crippen molar-refractivity contribution in [3.63, 3.8) is 0 Å². The fourth-order valence-electron chi connectivity index (χ4n) is 4.18. The summed E-state index contributed by atoms with van der Waals surface area (Å²) in [6.07, 6.45) is 0.690. The molecule has 0 radical (unpaired) electrons. The van der Waals surface area contributed by atoms with Crippen molar-refractivity contribution < 1.29 is 28.8 Å². The lowest BCUT2D eigenvalue weighted by Crippen LogP contribution is -2.63. The highest BCUT2D eigenvalue weighted by Gasteiger charge is 2.41. The van der Waals surface area contributed by atoms with Gasteiger partial charge in [0.15, 0.2) is 14.8 Å². The Morgan fingerprint density at radius 2 is 0.882 bits per heavy atom. The van der Waals surface area contributed by atoms with Crippen LogP contribution in [0.25, 0.3) is 0 Å². The molecular weight excluding hydrogens is 523 g/mol. The third-order valence-electron chi connectivity index (χ3n) is 5.69. The van der Waals surface area contributed by atoms with Gasteiger partial charge in [-0.25, -0.2) is 0 Å². The Kier molecular flexibility index (Phi) is 7.94. The average molecular weight is 552 g/mol. The predicted molar refractivity (Wildman–Crippen MR) is 127 cm³/mol. The monoisotopic (exact) mass is 550 g/mol. The van der Waals surface area contributed by atoms with E-state index in [0.717, 1.165) is 0 Å². The van der Waals surface area contributed by atoms with E-state index < -0.39 is 14.8 Å². The Bertz CT molecular complexity index is 847. The zero-order chi connectivity index (χ0) is 25.3. The number of carbonyl (C=O) groups excluding carboxylic acids is 6. The molecule has 0 spiro atoms. The van der Waals surface area contributed by atoms with Crippen molar-refractivity contribution >= 4 is 72.4 Å². The highest BCUT2D eigenvalue weighted by atomic mass is 35.6. The number of carbonyl (C=O) groups is 6. The average Bonchev–Trinajstić information content (AvgIpc) is 2.70. The van der Waals surface area contributed by atoms with Gasteiger partial charge in [-0.3, -0.25) is 28.8 Å². The summed E-state index contributed by atoms with van der Waals surface area (Å²) >= 11 is 13.4. The molecule has 2 N–H and O–H groups in total. The number of hydrogen-bond donors (Lipinski definition) is 2. The molecule has 3 aliphatic rings. The van der Waals surface area contributed by atoms with E-state index in [9.17, 15) is 28.8 Å². The molecule has 3 saturated heterocycles. The first-order chi connectivity index (χ1) is 15.7. The van der Waals surface area contributed by atoms with Crippen LogP contribution in [0.15, 0.2) is 0 Å². The molecule has 2 atom stereocenters. The van der Waals surface area contributed by atoms with Crippen LogP contribution in [-0.2, 0) is 28.8 Å². The Labute approximate surface area is 208 Å². The summed E-state index contributed by atoms with van der Waals surface area (Å²) in [6.45, 7) is 2.95. The van der Waals surface area contributed by atoms with Crippen LogP contribution in [0.1, 0.15) is 0 Å². The molecule has 6 amide bonds. The smallest absolute Gasteiger partial charge is 0.242 e. The van der Waals surface area contributed by atoms with Crippen molar-refractivity contribution in [1.82, 2.24) is 30.2 Å². The maximum atomic E-state index is 12.8. The van der Waals surface area contributed by atoms with Crippen molar-refractivity contribution in [3.05, 3.63) is 0 Å². The van der Waals surface area contributed by atoms with E-state index in [4.69, 9.17) is 22.2 Å². The van der Waals surface area contributed by atoms with E-state index in [0.29, 0.717) is 0 Å². The lowest BCUT2D eigenvalue weighted by molar-refractivity contribution is -0.148. The molecule has 0 saturated carbocycles. The maximum Gasteiger partial charge on any atom is 0.242 e. The highest BCUT2D eigenvalue weighted by molar-refractivity contribution is 7.20. The second kappa shape index (κ2) is 10.2. The molecule has 0 aromatic rings. The van der Waals surface area contributed by atoms with Gasteiger partial charge in [-0.2, -0.15) is 22.2 Å². The van der Waals surface area contributed by atoms with Crippen molar-refractivity contribution in [2.75, 3.05) is 63.9 Å². The van der Waals surface area contributed by atoms with Crippen LogP contribution in [0.2, 0.25) is 13.1 Å². The molecule has 3 rings (SSSR count). The summed E-state index contributed by atoms with van der Waals surface area (Å²) in [5, 5.41) is 4.95. The largest absolute Gasteiger partial charge is 0.345 e. The normalized spacial score (nSPS) is 23.5. The van der Waals surface area contributed by atoms with Gasteiger partial charge >= 0.3 is 0 Å². The number of hydrogen-bond acceptors (Lipinski definition) is 6. The number of nitrogens with one attached hydrogen (secondary N) is 2. The summed E-state index contributed by atoms with van der Waals surface area (Å²) in [5.41, 5.74) is 0. The van der Waals surface area contributed by atoms with Gasteiger partial charge in [-0.05, 0) is 0 Å². The number of halogens is 2. The van der Waals surface area contributed by atoms with Gasteiger partial charge in [-0.15, -0.1) is 0 Å². The Balaban J connectivity index is 1.56. The quantitative estimate of drug-likeness (QED) is 0.250. The van der Waals surface area contributed by atoms with Crippen LogP contribution in [-0.4, -0.2) is 134 Å². The number of nitrogens with zero attached hydrogens (tertiary/aromatic N) is 4. The SMILES string of the molecule is C[Si](Cl)(CN1CC(=O)NCC1=O)CN1CC(=O)N(C[Si](C)(Cl)CN2CC(=O)NCC2=O)CC1=O. The van der Waals surface area contributed by atoms with Gasteiger partial charge in [-0.1, -0.05) is 13.1 Å². The maximum absolute atomic E-state index is 12.8. The summed E-state index contributed by atoms with van der Waals surface area (Å²) in [7, 11) is -5.40. The summed E-state index contributed by atoms with van der Waals surface area (Å²) in [4.78, 5) is 78.6. The molecule has 188 valence electrons. The van der Waals surface area contributed by atoms with Crippen LogP contribution >= 0.6 is 22.2 Å². The number of piperazine rings is 3. The van der Waals surface area contributed by atoms with Crippen molar-refractivity contribution in [1.29, 1.82) is 0 Å². The standard InChI is InChI=1S/C18H28Cl2N6O6Si2/c1-33(19,9-23-5-13(27)21-3-15(23)29)11-25-7-18(32)26(8-17(25)31)12-34(2,20)10-24-6-14(28)22-4-16(24)30/h3-12H2,1-2H3,(H,21,27)(H,22,28). The van der Waals surface area contributed by atoms with Crippen LogP contribution < -0.4 is 10.6 Å². The van der Waals surface area contributed by atoms with E-state index in [1.165, 1.54) is 19.6 Å². The minimum absolute atomic E-state index is 0.0745. The second-order valence-electron chi connectivity index (χ2n) is 9.38. The van der Waals surface area contributed by atoms with E-state index in [1.807, 2.05) is 0 Å². The third kappa shape index (κ3) is 6.93. The molecule has 0 bridgehead atoms. The summed E-state index contributed by atoms with van der Waals surface area (Å²) in [6, 6.07) is 0. The molecular formula is C18H28Cl2N6O6Si2. The minimum atomic E-state index is -2.70. The minimum Gasteiger partial charge on any atom is -0.345 e. The first-order valence-electron chi connectivity index (χ1n) is 10.8. The van der Waals surface area contributed by atoms with E-state index in [2.05, 4.69) is 10.6 Å². The van der Waals surface area contributed by atoms with Crippen LogP contribution in [0.3, 0.4) is 0 Å². The number of rotatable bonds is 8. The zero-order valence-corrected chi connectivity index (χ0v) is 22.6. The Morgan fingerprint density at radius 3 is 1.21 bits per heavy atom. The third-order valence-corrected chi connectivity index (χ3v) is 11.3. The molecule has 0 aliphatic carbocycles. The molecule has 34 heavy (non-hydrogen) atoms. The van der Waals surface area contributed by atoms with E-state index in [-0.39, 0.29) is 99.4 Å². The van der Waals surface area contributed by atoms with Crippen molar-refractivity contribution in [3.8, 4) is 0 Å². The Morgan fingerprint density at radius 1 is 0.588 bits per heavy atom. The van der Waals surface area contributed by atoms with E-state index in [1.54, 1.807) is 13.1 Å². The van der Waals surface area contributed by atoms with Crippen LogP contribution in [0, 0.1) is 0 Å². The summed E-state index contributed by atoms with van der Waals surface area (Å²) in [5.74, 6) is -1.56. The van der Waals surface area contributed by atoms with Gasteiger partial charge in [0.1, 0.15) is 0 Å². The molecule has 12 nitrogen and oxygen atoms in total. The predicted octanol–water partition coefficient (Wildman–Crippen LogP) is -2.64. The lowest BCUT2D eigenvalue weighted by Gasteiger charge is -2.40. The highest BCUT2D eigenvalue weighted by Crippen LogP contribution is 2.19. The molecule has 3 heterocycles. The molecule has 0 aromatic heterocycles. The number of amides is 6. The molecule has 0 aromatic carbocycles. The molecule has 3 fully saturated rings. The molecule has 2 unspecified atom stereocenters. The van der Waals surface area contributed by atoms with Gasteiger partial charge in [0.05, 0.1) is 39.3 Å². The molecule has 16 heteroatoms. The first kappa shape index (κ1) is 26.4. The van der Waals surface area contributed by atoms with E-state index >= 15 is 0 Å². The fraction of sp³-hybridized carbons (Fsp3) is 0.667. The summed E-state index contributed by atoms with van der Waals surface area (Å²) < 4.78 is 0. The van der Waals surface area contributed by atoms with Crippen molar-refractivity contribution in [2.45, 2.75) is 13.1 Å². The van der Waals surface area contributed by atoms with Crippen LogP contribution in [0.5, 0.6) is 0 Å². The Hall–Kier alpha value is -2.17. The zero-order valence-electron chi connectivity index (χ0n) is 19.1. The fourth-order valence-corrected chi connectivity index (χ4v) is 10.4. The topological polar surface area (TPSA) is 139 Å².